The average molecular weight is 419 g/mol. The number of sulfonamides is 1. The van der Waals surface area contributed by atoms with Gasteiger partial charge in [0, 0.05) is 13.1 Å². The van der Waals surface area contributed by atoms with Crippen molar-refractivity contribution in [3.63, 3.8) is 0 Å². The summed E-state index contributed by atoms with van der Waals surface area (Å²) in [6.07, 6.45) is 3.59. The van der Waals surface area contributed by atoms with Gasteiger partial charge in [-0.25, -0.2) is 17.9 Å². The lowest BCUT2D eigenvalue weighted by molar-refractivity contribution is 0.0692. The third-order valence-corrected chi connectivity index (χ3v) is 6.37. The van der Waals surface area contributed by atoms with Crippen LogP contribution in [-0.4, -0.2) is 45.2 Å². The topological polar surface area (TPSA) is 105 Å². The van der Waals surface area contributed by atoms with Crippen LogP contribution in [-0.2, 0) is 16.4 Å². The molecule has 0 amide bonds. The lowest BCUT2D eigenvalue weighted by Crippen LogP contribution is -2.34. The Balaban J connectivity index is 1.35. The van der Waals surface area contributed by atoms with Crippen LogP contribution in [0.25, 0.3) is 0 Å². The maximum Gasteiger partial charge on any atom is 0.337 e. The molecule has 0 radical (unpaired) electrons. The molecule has 0 fully saturated rings. The van der Waals surface area contributed by atoms with E-state index in [0.717, 1.165) is 38.1 Å². The number of carbonyl (C=O) groups is 1. The fourth-order valence-electron chi connectivity index (χ4n) is 3.32. The Kier molecular flexibility index (Phi) is 7.24. The van der Waals surface area contributed by atoms with Gasteiger partial charge in [0.05, 0.1) is 10.5 Å². The summed E-state index contributed by atoms with van der Waals surface area (Å²) in [5.74, 6) is -0.302. The number of carboxylic acid groups (broad SMARTS) is 1. The molecular formula is C21H26N2O5S. The summed E-state index contributed by atoms with van der Waals surface area (Å²) in [6, 6.07) is 13.7. The molecule has 156 valence electrons. The predicted molar refractivity (Wildman–Crippen MR) is 110 cm³/mol. The first kappa shape index (κ1) is 21.3. The van der Waals surface area contributed by atoms with E-state index in [-0.39, 0.29) is 23.1 Å². The number of fused-ring (bicyclic) bond motifs is 1. The summed E-state index contributed by atoms with van der Waals surface area (Å²) < 4.78 is 33.2. The van der Waals surface area contributed by atoms with Crippen molar-refractivity contribution in [1.82, 2.24) is 10.0 Å². The highest BCUT2D eigenvalue weighted by Gasteiger charge is 2.21. The molecule has 0 unspecified atom stereocenters. The largest absolute Gasteiger partial charge is 0.489 e. The highest BCUT2D eigenvalue weighted by atomic mass is 32.2. The van der Waals surface area contributed by atoms with E-state index in [1.54, 1.807) is 0 Å². The summed E-state index contributed by atoms with van der Waals surface area (Å²) in [6.45, 7) is 1.77. The zero-order valence-electron chi connectivity index (χ0n) is 16.1. The van der Waals surface area contributed by atoms with Crippen molar-refractivity contribution in [2.75, 3.05) is 19.6 Å². The smallest absolute Gasteiger partial charge is 0.337 e. The van der Waals surface area contributed by atoms with Crippen molar-refractivity contribution in [1.29, 1.82) is 0 Å². The highest BCUT2D eigenvalue weighted by molar-refractivity contribution is 7.89. The first-order valence-electron chi connectivity index (χ1n) is 9.74. The maximum absolute atomic E-state index is 12.3. The number of nitrogens with one attached hydrogen (secondary N) is 2. The molecule has 2 aromatic carbocycles. The Hall–Kier alpha value is -2.42. The Bertz CT molecular complexity index is 946. The minimum atomic E-state index is -3.85. The molecule has 1 aliphatic rings. The van der Waals surface area contributed by atoms with Crippen molar-refractivity contribution >= 4 is 16.0 Å². The van der Waals surface area contributed by atoms with Gasteiger partial charge in [-0.15, -0.1) is 0 Å². The molecule has 8 heteroatoms. The average Bonchev–Trinajstić information content (AvgIpc) is 2.73. The van der Waals surface area contributed by atoms with Crippen LogP contribution in [0.15, 0.2) is 53.4 Å². The monoisotopic (exact) mass is 418 g/mol. The molecule has 7 nitrogen and oxygen atoms in total. The molecule has 1 atom stereocenters. The third-order valence-electron chi connectivity index (χ3n) is 4.85. The number of aromatic carboxylic acids is 1. The van der Waals surface area contributed by atoms with E-state index in [1.807, 2.05) is 18.2 Å². The van der Waals surface area contributed by atoms with E-state index in [2.05, 4.69) is 16.1 Å². The van der Waals surface area contributed by atoms with Crippen LogP contribution in [0.1, 0.15) is 35.2 Å². The van der Waals surface area contributed by atoms with Crippen LogP contribution >= 0.6 is 0 Å². The molecule has 0 saturated carbocycles. The van der Waals surface area contributed by atoms with Crippen LogP contribution in [0.3, 0.4) is 0 Å². The highest BCUT2D eigenvalue weighted by Crippen LogP contribution is 2.26. The summed E-state index contributed by atoms with van der Waals surface area (Å²) in [5.41, 5.74) is 1.02. The maximum atomic E-state index is 12.3. The lowest BCUT2D eigenvalue weighted by atomic mass is 10.0. The molecular weight excluding hydrogens is 392 g/mol. The van der Waals surface area contributed by atoms with Crippen molar-refractivity contribution in [3.05, 3.63) is 59.7 Å². The number of hydrogen-bond donors (Lipinski definition) is 3. The summed E-state index contributed by atoms with van der Waals surface area (Å²) in [7, 11) is -3.85. The van der Waals surface area contributed by atoms with Gasteiger partial charge in [-0.1, -0.05) is 30.3 Å². The Morgan fingerprint density at radius 1 is 1.07 bits per heavy atom. The summed E-state index contributed by atoms with van der Waals surface area (Å²) >= 11 is 0. The SMILES string of the molecule is O=C(O)c1ccccc1S(=O)(=O)NCCCCNC[C@H]1CCc2ccccc2O1. The molecule has 3 rings (SSSR count). The molecule has 0 spiro atoms. The van der Waals surface area contributed by atoms with E-state index >= 15 is 0 Å². The lowest BCUT2D eigenvalue weighted by Gasteiger charge is -2.26. The number of ether oxygens (including phenoxy) is 1. The number of para-hydroxylation sites is 1. The zero-order chi connectivity index (χ0) is 20.7. The minimum Gasteiger partial charge on any atom is -0.489 e. The fraction of sp³-hybridized carbons (Fsp3) is 0.381. The van der Waals surface area contributed by atoms with E-state index in [9.17, 15) is 13.2 Å². The van der Waals surface area contributed by atoms with E-state index in [4.69, 9.17) is 9.84 Å². The molecule has 1 heterocycles. The van der Waals surface area contributed by atoms with Gasteiger partial charge in [0.25, 0.3) is 0 Å². The number of rotatable bonds is 10. The van der Waals surface area contributed by atoms with Crippen LogP contribution in [0.2, 0.25) is 0 Å². The first-order valence-corrected chi connectivity index (χ1v) is 11.2. The quantitative estimate of drug-likeness (QED) is 0.512. The Labute approximate surface area is 171 Å². The number of aryl methyl sites for hydroxylation is 1. The van der Waals surface area contributed by atoms with E-state index < -0.39 is 16.0 Å². The fourth-order valence-corrected chi connectivity index (χ4v) is 4.60. The molecule has 0 aliphatic carbocycles. The molecule has 1 aliphatic heterocycles. The van der Waals surface area contributed by atoms with Gasteiger partial charge in [-0.05, 0) is 56.0 Å². The molecule has 0 aromatic heterocycles. The molecule has 0 saturated heterocycles. The van der Waals surface area contributed by atoms with E-state index in [0.29, 0.717) is 6.42 Å². The number of carboxylic acids is 1. The van der Waals surface area contributed by atoms with Crippen molar-refractivity contribution in [3.8, 4) is 5.75 Å². The van der Waals surface area contributed by atoms with Gasteiger partial charge in [0.15, 0.2) is 0 Å². The predicted octanol–water partition coefficient (Wildman–Crippen LogP) is 2.43. The van der Waals surface area contributed by atoms with E-state index in [1.165, 1.54) is 29.8 Å². The molecule has 3 N–H and O–H groups in total. The molecule has 29 heavy (non-hydrogen) atoms. The number of benzene rings is 2. The second-order valence-corrected chi connectivity index (χ2v) is 8.73. The van der Waals surface area contributed by atoms with Gasteiger partial charge in [0.2, 0.25) is 10.0 Å². The van der Waals surface area contributed by atoms with Crippen LogP contribution in [0.5, 0.6) is 5.75 Å². The molecule has 0 bridgehead atoms. The second kappa shape index (κ2) is 9.87. The summed E-state index contributed by atoms with van der Waals surface area (Å²) in [4.78, 5) is 11.0. The van der Waals surface area contributed by atoms with Crippen molar-refractivity contribution < 1.29 is 23.1 Å². The number of unbranched alkanes of at least 4 members (excludes halogenated alkanes) is 1. The van der Waals surface area contributed by atoms with Gasteiger partial charge in [-0.2, -0.15) is 0 Å². The Morgan fingerprint density at radius 3 is 2.62 bits per heavy atom. The second-order valence-electron chi connectivity index (χ2n) is 7.00. The zero-order valence-corrected chi connectivity index (χ0v) is 17.0. The van der Waals surface area contributed by atoms with Crippen LogP contribution in [0.4, 0.5) is 0 Å². The van der Waals surface area contributed by atoms with Gasteiger partial charge < -0.3 is 15.2 Å². The summed E-state index contributed by atoms with van der Waals surface area (Å²) in [5, 5.41) is 12.5. The standard InChI is InChI=1S/C21H26N2O5S/c24-21(25)18-8-2-4-10-20(18)29(26,27)23-14-6-5-13-22-15-17-12-11-16-7-1-3-9-19(16)28-17/h1-4,7-10,17,22-23H,5-6,11-15H2,(H,24,25)/t17-/m1/s1. The van der Waals surface area contributed by atoms with Gasteiger partial charge in [0.1, 0.15) is 11.9 Å². The van der Waals surface area contributed by atoms with Crippen molar-refractivity contribution in [2.24, 2.45) is 0 Å². The van der Waals surface area contributed by atoms with Crippen LogP contribution in [0, 0.1) is 0 Å². The Morgan fingerprint density at radius 2 is 1.79 bits per heavy atom. The number of hydrogen-bond acceptors (Lipinski definition) is 5. The third kappa shape index (κ3) is 5.79. The van der Waals surface area contributed by atoms with Crippen LogP contribution < -0.4 is 14.8 Å². The normalized spacial score (nSPS) is 16.1. The first-order chi connectivity index (χ1) is 14.0. The minimum absolute atomic E-state index is 0.149. The van der Waals surface area contributed by atoms with Gasteiger partial charge >= 0.3 is 5.97 Å². The molecule has 2 aromatic rings. The van der Waals surface area contributed by atoms with Gasteiger partial charge in [-0.3, -0.25) is 0 Å². The van der Waals surface area contributed by atoms with Crippen molar-refractivity contribution in [2.45, 2.75) is 36.7 Å².